The van der Waals surface area contributed by atoms with Gasteiger partial charge in [-0.1, -0.05) is 18.2 Å². The number of hydrogen-bond acceptors (Lipinski definition) is 4. The second-order valence-corrected chi connectivity index (χ2v) is 9.00. The lowest BCUT2D eigenvalue weighted by Crippen LogP contribution is -2.36. The van der Waals surface area contributed by atoms with Gasteiger partial charge in [-0.3, -0.25) is 0 Å². The van der Waals surface area contributed by atoms with E-state index in [-0.39, 0.29) is 6.04 Å². The van der Waals surface area contributed by atoms with Gasteiger partial charge in [0.15, 0.2) is 0 Å². The summed E-state index contributed by atoms with van der Waals surface area (Å²) in [6, 6.07) is 8.80. The number of rotatable bonds is 7. The molecule has 25 heavy (non-hydrogen) atoms. The third kappa shape index (κ3) is 3.62. The summed E-state index contributed by atoms with van der Waals surface area (Å²) in [5, 5.41) is 8.29. The lowest BCUT2D eigenvalue weighted by atomic mass is 10.1. The van der Waals surface area contributed by atoms with Crippen LogP contribution >= 0.6 is 0 Å². The van der Waals surface area contributed by atoms with Crippen molar-refractivity contribution in [3.05, 3.63) is 42.5 Å². The maximum atomic E-state index is 12.9. The minimum absolute atomic E-state index is 0.0521. The van der Waals surface area contributed by atoms with Crippen LogP contribution in [0.3, 0.4) is 0 Å². The summed E-state index contributed by atoms with van der Waals surface area (Å²) >= 11 is 0. The smallest absolute Gasteiger partial charge is 0.243 e. The lowest BCUT2D eigenvalue weighted by Gasteiger charge is -2.24. The van der Waals surface area contributed by atoms with Gasteiger partial charge >= 0.3 is 0 Å². The first kappa shape index (κ1) is 16.7. The summed E-state index contributed by atoms with van der Waals surface area (Å²) in [6.45, 7) is 1.61. The SMILES string of the molecule is O=S(=O)(c1ccccc1)N1CCCC1CCc1nncn1CC1CC1. The molecule has 1 aromatic carbocycles. The Bertz CT molecular complexity index is 815. The Morgan fingerprint density at radius 1 is 1.12 bits per heavy atom. The molecule has 0 spiro atoms. The van der Waals surface area contributed by atoms with Crippen LogP contribution in [0.15, 0.2) is 41.6 Å². The molecule has 0 radical (unpaired) electrons. The van der Waals surface area contributed by atoms with E-state index in [2.05, 4.69) is 14.8 Å². The van der Waals surface area contributed by atoms with Gasteiger partial charge in [0.1, 0.15) is 12.2 Å². The fourth-order valence-corrected chi connectivity index (χ4v) is 5.39. The first-order valence-corrected chi connectivity index (χ1v) is 10.5. The van der Waals surface area contributed by atoms with Gasteiger partial charge in [0.2, 0.25) is 10.0 Å². The molecule has 1 aliphatic carbocycles. The third-order valence-corrected chi connectivity index (χ3v) is 7.19. The van der Waals surface area contributed by atoms with Crippen LogP contribution in [0.25, 0.3) is 0 Å². The van der Waals surface area contributed by atoms with E-state index in [1.807, 2.05) is 6.07 Å². The van der Waals surface area contributed by atoms with Crippen molar-refractivity contribution in [2.75, 3.05) is 6.54 Å². The first-order chi connectivity index (χ1) is 12.1. The van der Waals surface area contributed by atoms with Gasteiger partial charge < -0.3 is 4.57 Å². The average Bonchev–Trinajstić information content (AvgIpc) is 3.12. The minimum atomic E-state index is -3.41. The molecule has 0 amide bonds. The quantitative estimate of drug-likeness (QED) is 0.761. The van der Waals surface area contributed by atoms with Crippen LogP contribution in [-0.2, 0) is 23.0 Å². The molecule has 7 heteroatoms. The van der Waals surface area contributed by atoms with Crippen molar-refractivity contribution in [2.24, 2.45) is 5.92 Å². The fourth-order valence-electron chi connectivity index (χ4n) is 3.64. The highest BCUT2D eigenvalue weighted by molar-refractivity contribution is 7.89. The minimum Gasteiger partial charge on any atom is -0.317 e. The zero-order valence-electron chi connectivity index (χ0n) is 14.3. The molecule has 2 fully saturated rings. The number of hydrogen-bond donors (Lipinski definition) is 0. The summed E-state index contributed by atoms with van der Waals surface area (Å²) in [5.74, 6) is 1.76. The Hall–Kier alpha value is -1.73. The van der Waals surface area contributed by atoms with Gasteiger partial charge in [0, 0.05) is 25.6 Å². The number of aromatic nitrogens is 3. The molecule has 1 aromatic heterocycles. The molecule has 0 bridgehead atoms. The van der Waals surface area contributed by atoms with Crippen molar-refractivity contribution in [3.63, 3.8) is 0 Å². The Labute approximate surface area is 148 Å². The standard InChI is InChI=1S/C18H24N4O2S/c23-25(24,17-6-2-1-3-7-17)22-12-4-5-16(22)10-11-18-20-19-14-21(18)13-15-8-9-15/h1-3,6-7,14-16H,4-5,8-13H2. The van der Waals surface area contributed by atoms with Crippen LogP contribution < -0.4 is 0 Å². The second-order valence-electron chi connectivity index (χ2n) is 7.11. The zero-order valence-corrected chi connectivity index (χ0v) is 15.1. The number of aryl methyl sites for hydroxylation is 1. The molecule has 2 aromatic rings. The average molecular weight is 360 g/mol. The van der Waals surface area contributed by atoms with Crippen LogP contribution in [0, 0.1) is 5.92 Å². The van der Waals surface area contributed by atoms with Crippen molar-refractivity contribution in [1.29, 1.82) is 0 Å². The van der Waals surface area contributed by atoms with Gasteiger partial charge in [0.25, 0.3) is 0 Å². The summed E-state index contributed by atoms with van der Waals surface area (Å²) in [4.78, 5) is 0.388. The molecule has 134 valence electrons. The highest BCUT2D eigenvalue weighted by Crippen LogP contribution is 2.31. The van der Waals surface area contributed by atoms with E-state index < -0.39 is 10.0 Å². The molecule has 1 saturated heterocycles. The molecule has 1 saturated carbocycles. The van der Waals surface area contributed by atoms with Crippen molar-refractivity contribution in [3.8, 4) is 0 Å². The topological polar surface area (TPSA) is 68.1 Å². The van der Waals surface area contributed by atoms with Crippen LogP contribution in [0.4, 0.5) is 0 Å². The monoisotopic (exact) mass is 360 g/mol. The van der Waals surface area contributed by atoms with Crippen LogP contribution in [0.2, 0.25) is 0 Å². The van der Waals surface area contributed by atoms with Crippen LogP contribution in [0.1, 0.15) is 37.9 Å². The number of sulfonamides is 1. The number of nitrogens with zero attached hydrogens (tertiary/aromatic N) is 4. The largest absolute Gasteiger partial charge is 0.317 e. The van der Waals surface area contributed by atoms with E-state index in [4.69, 9.17) is 0 Å². The maximum absolute atomic E-state index is 12.9. The molecule has 6 nitrogen and oxygen atoms in total. The van der Waals surface area contributed by atoms with Gasteiger partial charge in [-0.05, 0) is 50.2 Å². The van der Waals surface area contributed by atoms with E-state index in [0.717, 1.165) is 44.0 Å². The fraction of sp³-hybridized carbons (Fsp3) is 0.556. The normalized spacial score (nSPS) is 21.7. The summed E-state index contributed by atoms with van der Waals surface area (Å²) in [7, 11) is -3.41. The molecule has 1 unspecified atom stereocenters. The Balaban J connectivity index is 1.44. The molecule has 0 N–H and O–H groups in total. The van der Waals surface area contributed by atoms with E-state index in [9.17, 15) is 8.42 Å². The highest BCUT2D eigenvalue weighted by Gasteiger charge is 2.35. The molecule has 1 aliphatic heterocycles. The van der Waals surface area contributed by atoms with Crippen molar-refractivity contribution in [1.82, 2.24) is 19.1 Å². The third-order valence-electron chi connectivity index (χ3n) is 5.22. The van der Waals surface area contributed by atoms with Crippen molar-refractivity contribution < 1.29 is 8.42 Å². The van der Waals surface area contributed by atoms with Crippen LogP contribution in [0.5, 0.6) is 0 Å². The van der Waals surface area contributed by atoms with Crippen molar-refractivity contribution >= 4 is 10.0 Å². The Morgan fingerprint density at radius 2 is 1.92 bits per heavy atom. The summed E-state index contributed by atoms with van der Waals surface area (Å²) in [6.07, 6.45) is 7.81. The van der Waals surface area contributed by atoms with E-state index >= 15 is 0 Å². The summed E-state index contributed by atoms with van der Waals surface area (Å²) in [5.41, 5.74) is 0. The van der Waals surface area contributed by atoms with E-state index in [0.29, 0.717) is 11.4 Å². The Morgan fingerprint density at radius 3 is 2.68 bits per heavy atom. The van der Waals surface area contributed by atoms with E-state index in [1.165, 1.54) is 12.8 Å². The predicted octanol–water partition coefficient (Wildman–Crippen LogP) is 2.47. The Kier molecular flexibility index (Phi) is 4.60. The molecule has 4 rings (SSSR count). The van der Waals surface area contributed by atoms with E-state index in [1.54, 1.807) is 34.9 Å². The predicted molar refractivity (Wildman–Crippen MR) is 94.4 cm³/mol. The first-order valence-electron chi connectivity index (χ1n) is 9.08. The maximum Gasteiger partial charge on any atom is 0.243 e. The zero-order chi connectivity index (χ0) is 17.3. The number of benzene rings is 1. The lowest BCUT2D eigenvalue weighted by molar-refractivity contribution is 0.366. The van der Waals surface area contributed by atoms with Crippen molar-refractivity contribution in [2.45, 2.75) is 56.0 Å². The van der Waals surface area contributed by atoms with Gasteiger partial charge in [0.05, 0.1) is 4.90 Å². The molecule has 2 aliphatic rings. The molecule has 2 heterocycles. The molecule has 1 atom stereocenters. The van der Waals surface area contributed by atoms with Gasteiger partial charge in [-0.15, -0.1) is 10.2 Å². The summed E-state index contributed by atoms with van der Waals surface area (Å²) < 4.78 is 29.7. The van der Waals surface area contributed by atoms with Gasteiger partial charge in [-0.25, -0.2) is 8.42 Å². The van der Waals surface area contributed by atoms with Gasteiger partial charge in [-0.2, -0.15) is 4.31 Å². The molecular formula is C18H24N4O2S. The molecular weight excluding hydrogens is 336 g/mol. The second kappa shape index (κ2) is 6.88. The van der Waals surface area contributed by atoms with Crippen LogP contribution in [-0.4, -0.2) is 40.1 Å². The highest BCUT2D eigenvalue weighted by atomic mass is 32.2.